The van der Waals surface area contributed by atoms with Crippen molar-refractivity contribution in [1.29, 1.82) is 5.26 Å². The van der Waals surface area contributed by atoms with Crippen LogP contribution in [0, 0.1) is 11.3 Å². The van der Waals surface area contributed by atoms with Gasteiger partial charge >= 0.3 is 5.97 Å². The average Bonchev–Trinajstić information content (AvgIpc) is 2.64. The van der Waals surface area contributed by atoms with Crippen molar-refractivity contribution in [2.45, 2.75) is 0 Å². The predicted octanol–water partition coefficient (Wildman–Crippen LogP) is 2.93. The summed E-state index contributed by atoms with van der Waals surface area (Å²) in [7, 11) is 1.41. The number of ether oxygens (including phenoxy) is 2. The number of carbonyl (C=O) groups is 2. The first-order valence-corrected chi connectivity index (χ1v) is 7.28. The van der Waals surface area contributed by atoms with Crippen molar-refractivity contribution >= 4 is 17.8 Å². The molecule has 25 heavy (non-hydrogen) atoms. The fourth-order valence-electron chi connectivity index (χ4n) is 2.02. The van der Waals surface area contributed by atoms with Gasteiger partial charge in [0.25, 0.3) is 0 Å². The Balaban J connectivity index is 2.14. The molecule has 2 aromatic rings. The summed E-state index contributed by atoms with van der Waals surface area (Å²) in [6, 6.07) is 13.4. The van der Waals surface area contributed by atoms with Crippen LogP contribution in [0.4, 0.5) is 0 Å². The topological polar surface area (TPSA) is 96.6 Å². The molecule has 0 spiro atoms. The van der Waals surface area contributed by atoms with Crippen molar-refractivity contribution in [1.82, 2.24) is 0 Å². The van der Waals surface area contributed by atoms with Gasteiger partial charge in [-0.3, -0.25) is 4.79 Å². The van der Waals surface area contributed by atoms with Gasteiger partial charge in [0.05, 0.1) is 18.7 Å². The highest BCUT2D eigenvalue weighted by molar-refractivity contribution is 6.07. The molecule has 1 N–H and O–H groups in total. The Morgan fingerprint density at radius 3 is 2.48 bits per heavy atom. The van der Waals surface area contributed by atoms with Crippen molar-refractivity contribution in [3.63, 3.8) is 0 Å². The maximum Gasteiger partial charge on any atom is 0.341 e. The van der Waals surface area contributed by atoms with Gasteiger partial charge in [-0.15, -0.1) is 0 Å². The number of carbonyl (C=O) groups excluding carboxylic acids is 1. The maximum absolute atomic E-state index is 12.3. The Labute approximate surface area is 144 Å². The highest BCUT2D eigenvalue weighted by atomic mass is 16.5. The summed E-state index contributed by atoms with van der Waals surface area (Å²) < 4.78 is 10.2. The number of hydrogen-bond donors (Lipinski definition) is 1. The van der Waals surface area contributed by atoms with E-state index >= 15 is 0 Å². The standard InChI is InChI=1S/C19H15NO5/c1-24-18-10-15(7-9-17(18)25-12-19(22)23)16(21)8-6-13-2-4-14(11-20)5-3-13/h2-10H,12H2,1H3,(H,22,23). The van der Waals surface area contributed by atoms with Gasteiger partial charge in [0.2, 0.25) is 0 Å². The molecule has 2 rings (SSSR count). The Morgan fingerprint density at radius 1 is 1.16 bits per heavy atom. The molecule has 0 bridgehead atoms. The molecule has 0 unspecified atom stereocenters. The van der Waals surface area contributed by atoms with Gasteiger partial charge in [-0.2, -0.15) is 5.26 Å². The largest absolute Gasteiger partial charge is 0.493 e. The van der Waals surface area contributed by atoms with E-state index in [2.05, 4.69) is 0 Å². The number of ketones is 1. The quantitative estimate of drug-likeness (QED) is 0.616. The predicted molar refractivity (Wildman–Crippen MR) is 90.6 cm³/mol. The summed E-state index contributed by atoms with van der Waals surface area (Å²) in [4.78, 5) is 22.8. The molecule has 0 heterocycles. The van der Waals surface area contributed by atoms with E-state index in [1.807, 2.05) is 6.07 Å². The van der Waals surface area contributed by atoms with Crippen LogP contribution in [0.25, 0.3) is 6.08 Å². The third-order valence-electron chi connectivity index (χ3n) is 3.27. The van der Waals surface area contributed by atoms with Crippen LogP contribution < -0.4 is 9.47 Å². The van der Waals surface area contributed by atoms with E-state index in [0.717, 1.165) is 5.56 Å². The van der Waals surface area contributed by atoms with Crippen LogP contribution in [-0.4, -0.2) is 30.6 Å². The molecular formula is C19H15NO5. The molecule has 0 fully saturated rings. The summed E-state index contributed by atoms with van der Waals surface area (Å²) in [5.41, 5.74) is 1.72. The molecule has 0 aliphatic rings. The van der Waals surface area contributed by atoms with Gasteiger partial charge in [-0.05, 0) is 42.0 Å². The van der Waals surface area contributed by atoms with Gasteiger partial charge in [-0.1, -0.05) is 18.2 Å². The second kappa shape index (κ2) is 8.31. The molecule has 126 valence electrons. The highest BCUT2D eigenvalue weighted by Gasteiger charge is 2.10. The van der Waals surface area contributed by atoms with E-state index in [1.54, 1.807) is 30.3 Å². The Morgan fingerprint density at radius 2 is 1.88 bits per heavy atom. The minimum Gasteiger partial charge on any atom is -0.493 e. The Hall–Kier alpha value is -3.59. The molecule has 0 atom stereocenters. The number of allylic oxidation sites excluding steroid dienone is 1. The molecule has 0 aliphatic heterocycles. The van der Waals surface area contributed by atoms with Gasteiger partial charge in [0, 0.05) is 5.56 Å². The van der Waals surface area contributed by atoms with Crippen LogP contribution in [0.2, 0.25) is 0 Å². The molecule has 2 aromatic carbocycles. The van der Waals surface area contributed by atoms with Crippen LogP contribution in [-0.2, 0) is 4.79 Å². The summed E-state index contributed by atoms with van der Waals surface area (Å²) in [5, 5.41) is 17.4. The van der Waals surface area contributed by atoms with Crippen molar-refractivity contribution in [3.05, 3.63) is 65.2 Å². The number of rotatable bonds is 7. The first kappa shape index (κ1) is 17.8. The molecule has 6 heteroatoms. The number of nitrogens with zero attached hydrogens (tertiary/aromatic N) is 1. The van der Waals surface area contributed by atoms with Gasteiger partial charge in [0.1, 0.15) is 0 Å². The average molecular weight is 337 g/mol. The molecule has 6 nitrogen and oxygen atoms in total. The van der Waals surface area contributed by atoms with Crippen LogP contribution >= 0.6 is 0 Å². The zero-order valence-corrected chi connectivity index (χ0v) is 13.4. The van der Waals surface area contributed by atoms with Crippen LogP contribution in [0.3, 0.4) is 0 Å². The van der Waals surface area contributed by atoms with Crippen molar-refractivity contribution in [2.75, 3.05) is 13.7 Å². The summed E-state index contributed by atoms with van der Waals surface area (Å²) >= 11 is 0. The highest BCUT2D eigenvalue weighted by Crippen LogP contribution is 2.28. The number of benzene rings is 2. The number of hydrogen-bond acceptors (Lipinski definition) is 5. The smallest absolute Gasteiger partial charge is 0.341 e. The zero-order chi connectivity index (χ0) is 18.2. The second-order valence-corrected chi connectivity index (χ2v) is 4.98. The van der Waals surface area contributed by atoms with Crippen LogP contribution in [0.1, 0.15) is 21.5 Å². The molecule has 0 amide bonds. The fourth-order valence-corrected chi connectivity index (χ4v) is 2.02. The number of methoxy groups -OCH3 is 1. The molecule has 0 radical (unpaired) electrons. The van der Waals surface area contributed by atoms with Gasteiger partial charge in [-0.25, -0.2) is 4.79 Å². The lowest BCUT2D eigenvalue weighted by atomic mass is 10.1. The lowest BCUT2D eigenvalue weighted by molar-refractivity contribution is -0.139. The second-order valence-electron chi connectivity index (χ2n) is 4.98. The number of carboxylic acid groups (broad SMARTS) is 1. The van der Waals surface area contributed by atoms with Crippen molar-refractivity contribution < 1.29 is 24.2 Å². The summed E-state index contributed by atoms with van der Waals surface area (Å²) in [6.45, 7) is -0.498. The monoisotopic (exact) mass is 337 g/mol. The van der Waals surface area contributed by atoms with E-state index in [9.17, 15) is 9.59 Å². The molecule has 0 saturated carbocycles. The molecule has 0 aromatic heterocycles. The van der Waals surface area contributed by atoms with E-state index in [4.69, 9.17) is 19.8 Å². The van der Waals surface area contributed by atoms with Crippen LogP contribution in [0.15, 0.2) is 48.5 Å². The molecule has 0 aliphatic carbocycles. The third kappa shape index (κ3) is 4.94. The summed E-state index contributed by atoms with van der Waals surface area (Å²) in [6.07, 6.45) is 3.05. The number of aliphatic carboxylic acids is 1. The lowest BCUT2D eigenvalue weighted by Crippen LogP contribution is -2.10. The fraction of sp³-hybridized carbons (Fsp3) is 0.105. The van der Waals surface area contributed by atoms with Crippen molar-refractivity contribution in [3.8, 4) is 17.6 Å². The minimum absolute atomic E-state index is 0.243. The number of carboxylic acids is 1. The van der Waals surface area contributed by atoms with E-state index < -0.39 is 12.6 Å². The van der Waals surface area contributed by atoms with E-state index in [1.165, 1.54) is 31.4 Å². The Bertz CT molecular complexity index is 847. The van der Waals surface area contributed by atoms with E-state index in [0.29, 0.717) is 11.1 Å². The van der Waals surface area contributed by atoms with Gasteiger partial charge in [0.15, 0.2) is 23.9 Å². The first-order valence-electron chi connectivity index (χ1n) is 7.28. The number of nitriles is 1. The summed E-state index contributed by atoms with van der Waals surface area (Å²) in [5.74, 6) is -0.823. The SMILES string of the molecule is COc1cc(C(=O)C=Cc2ccc(C#N)cc2)ccc1OCC(=O)O. The molecular weight excluding hydrogens is 322 g/mol. The van der Waals surface area contributed by atoms with Gasteiger partial charge < -0.3 is 14.6 Å². The molecule has 0 saturated heterocycles. The Kier molecular flexibility index (Phi) is 5.91. The van der Waals surface area contributed by atoms with Crippen molar-refractivity contribution in [2.24, 2.45) is 0 Å². The normalized spacial score (nSPS) is 10.2. The van der Waals surface area contributed by atoms with Crippen LogP contribution in [0.5, 0.6) is 11.5 Å². The zero-order valence-electron chi connectivity index (χ0n) is 13.4. The third-order valence-corrected chi connectivity index (χ3v) is 3.27. The van der Waals surface area contributed by atoms with E-state index in [-0.39, 0.29) is 17.3 Å². The minimum atomic E-state index is -1.10. The first-order chi connectivity index (χ1) is 12.0. The maximum atomic E-state index is 12.3. The lowest BCUT2D eigenvalue weighted by Gasteiger charge is -2.09.